The molecule has 0 aromatic heterocycles. The molecule has 0 spiro atoms. The molecule has 8 aromatic carbocycles. The molecule has 4 aliphatic rings. The molecule has 8 aromatic rings. The van der Waals surface area contributed by atoms with Gasteiger partial charge in [-0.25, -0.2) is 0 Å². The number of nitrogens with zero attached hydrogens (tertiary/aromatic N) is 3. The Balaban J connectivity index is 1.24. The van der Waals surface area contributed by atoms with E-state index in [1.165, 1.54) is 118 Å². The highest BCUT2D eigenvalue weighted by molar-refractivity contribution is 7.00. The summed E-state index contributed by atoms with van der Waals surface area (Å²) < 4.78 is 0. The fourth-order valence-electron chi connectivity index (χ4n) is 13.6. The predicted octanol–water partition coefficient (Wildman–Crippen LogP) is 17.6. The number of para-hydroxylation sites is 1. The second-order valence-electron chi connectivity index (χ2n) is 27.1. The molecule has 3 heterocycles. The fraction of sp³-hybridized carbons (Fsp3) is 0.324. The normalized spacial score (nSPS) is 18.9. The van der Waals surface area contributed by atoms with Crippen molar-refractivity contribution in [1.82, 2.24) is 0 Å². The first-order valence-corrected chi connectivity index (χ1v) is 27.8. The van der Waals surface area contributed by atoms with Gasteiger partial charge in [-0.05, 0) is 151 Å². The monoisotopic (exact) mass is 982 g/mol. The fourth-order valence-corrected chi connectivity index (χ4v) is 13.6. The van der Waals surface area contributed by atoms with E-state index in [1.54, 1.807) is 0 Å². The first kappa shape index (κ1) is 49.1. The van der Waals surface area contributed by atoms with Crippen LogP contribution in [0.5, 0.6) is 0 Å². The van der Waals surface area contributed by atoms with Gasteiger partial charge in [0, 0.05) is 50.7 Å². The van der Waals surface area contributed by atoms with Crippen LogP contribution in [0.25, 0.3) is 22.3 Å². The first-order chi connectivity index (χ1) is 35.5. The Labute approximate surface area is 449 Å². The molecule has 0 N–H and O–H groups in total. The Hall–Kier alpha value is -6.78. The summed E-state index contributed by atoms with van der Waals surface area (Å²) in [5.41, 5.74) is 25.4. The second kappa shape index (κ2) is 16.9. The van der Waals surface area contributed by atoms with Gasteiger partial charge in [0.2, 0.25) is 0 Å². The van der Waals surface area contributed by atoms with Crippen molar-refractivity contribution >= 4 is 68.6 Å². The first-order valence-electron chi connectivity index (χ1n) is 27.8. The Morgan fingerprint density at radius 2 is 0.813 bits per heavy atom. The summed E-state index contributed by atoms with van der Waals surface area (Å²) in [4.78, 5) is 8.15. The van der Waals surface area contributed by atoms with Crippen LogP contribution in [0, 0.1) is 0 Å². The Kier molecular flexibility index (Phi) is 11.0. The lowest BCUT2D eigenvalue weighted by Crippen LogP contribution is -2.61. The van der Waals surface area contributed by atoms with Crippen molar-refractivity contribution < 1.29 is 0 Å². The topological polar surface area (TPSA) is 9.72 Å². The molecule has 0 amide bonds. The van der Waals surface area contributed by atoms with E-state index in [-0.39, 0.29) is 39.3 Å². The summed E-state index contributed by atoms with van der Waals surface area (Å²) in [7, 11) is 0. The van der Waals surface area contributed by atoms with Gasteiger partial charge >= 0.3 is 0 Å². The van der Waals surface area contributed by atoms with Crippen molar-refractivity contribution in [3.63, 3.8) is 0 Å². The van der Waals surface area contributed by atoms with E-state index in [4.69, 9.17) is 0 Å². The minimum absolute atomic E-state index is 0.0272. The number of rotatable bonds is 5. The van der Waals surface area contributed by atoms with Crippen LogP contribution in [0.1, 0.15) is 144 Å². The molecule has 1 fully saturated rings. The summed E-state index contributed by atoms with van der Waals surface area (Å²) in [6.07, 6.45) is 3.47. The second-order valence-corrected chi connectivity index (χ2v) is 27.1. The Morgan fingerprint density at radius 1 is 0.387 bits per heavy atom. The average molecular weight is 982 g/mol. The molecule has 1 saturated carbocycles. The van der Waals surface area contributed by atoms with E-state index in [0.717, 1.165) is 12.8 Å². The highest BCUT2D eigenvalue weighted by Gasteiger charge is 2.60. The van der Waals surface area contributed by atoms with E-state index in [1.807, 2.05) is 0 Å². The van der Waals surface area contributed by atoms with Gasteiger partial charge < -0.3 is 14.7 Å². The summed E-state index contributed by atoms with van der Waals surface area (Å²) in [6, 6.07) is 66.3. The summed E-state index contributed by atoms with van der Waals surface area (Å²) >= 11 is 0. The zero-order valence-electron chi connectivity index (χ0n) is 47.2. The quantitative estimate of drug-likeness (QED) is 0.159. The van der Waals surface area contributed by atoms with Gasteiger partial charge in [0.15, 0.2) is 0 Å². The Morgan fingerprint density at radius 3 is 1.32 bits per heavy atom. The molecule has 3 aliphatic heterocycles. The molecule has 0 bridgehead atoms. The van der Waals surface area contributed by atoms with Gasteiger partial charge in [0.05, 0.1) is 16.9 Å². The number of hydrogen-bond acceptors (Lipinski definition) is 3. The zero-order valence-corrected chi connectivity index (χ0v) is 47.2. The van der Waals surface area contributed by atoms with Crippen LogP contribution in [0.3, 0.4) is 0 Å². The smallest absolute Gasteiger partial charge is 0.252 e. The molecule has 3 nitrogen and oxygen atoms in total. The SMILES string of the molecule is CC(C)(C)c1ccc2c(c1)B1c3ccccc3N(c3ccc(C(C)(C)C)cc3-c3ccccc3)c3cc(N4c5ccc(C(C)(C)C)cc5C5(C)CCCC45C)cc(c31)N2c1ccc(C(C)(C)C)cc1-c1ccccc1. The Bertz CT molecular complexity index is 3550. The maximum atomic E-state index is 2.81. The highest BCUT2D eigenvalue weighted by Crippen LogP contribution is 2.64. The lowest BCUT2D eigenvalue weighted by Gasteiger charge is -2.47. The minimum Gasteiger partial charge on any atom is -0.334 e. The molecule has 4 heteroatoms. The summed E-state index contributed by atoms with van der Waals surface area (Å²) in [5.74, 6) is 0. The number of anilines is 8. The predicted molar refractivity (Wildman–Crippen MR) is 324 cm³/mol. The third-order valence-electron chi connectivity index (χ3n) is 18.2. The van der Waals surface area contributed by atoms with E-state index >= 15 is 0 Å². The molecular formula is C71H76BN3. The average Bonchev–Trinajstić information content (AvgIpc) is 3.78. The minimum atomic E-state index is -0.157. The summed E-state index contributed by atoms with van der Waals surface area (Å²) in [5, 5.41) is 0. The van der Waals surface area contributed by atoms with Gasteiger partial charge in [0.1, 0.15) is 0 Å². The lowest BCUT2D eigenvalue weighted by molar-refractivity contribution is 0.330. The molecule has 2 unspecified atom stereocenters. The van der Waals surface area contributed by atoms with E-state index < -0.39 is 0 Å². The van der Waals surface area contributed by atoms with Crippen molar-refractivity contribution in [2.24, 2.45) is 0 Å². The van der Waals surface area contributed by atoms with Crippen LogP contribution >= 0.6 is 0 Å². The molecule has 75 heavy (non-hydrogen) atoms. The van der Waals surface area contributed by atoms with Gasteiger partial charge in [-0.3, -0.25) is 0 Å². The van der Waals surface area contributed by atoms with Crippen molar-refractivity contribution in [2.45, 2.75) is 149 Å². The molecule has 378 valence electrons. The molecular weight excluding hydrogens is 906 g/mol. The van der Waals surface area contributed by atoms with Crippen LogP contribution in [-0.2, 0) is 27.1 Å². The van der Waals surface area contributed by atoms with Crippen LogP contribution in [0.4, 0.5) is 45.5 Å². The standard InChI is InChI=1S/C71H76BN3/c1-66(2,3)48-30-34-58(53(40-48)46-24-17-15-18-25-46)73-61-29-22-21-28-56(61)72-57-43-51(69(10,11)12)33-37-62(57)74(59-35-31-49(67(4,5)6)41-54(59)47-26-19-16-20-27-47)64-45-52(44-63(73)65(64)72)75-60-36-32-50(68(7,8)9)42-55(60)70(13)38-23-39-71(70,75)14/h15-22,24-37,40-45H,23,38-39H2,1-14H3. The number of hydrogen-bond donors (Lipinski definition) is 0. The van der Waals surface area contributed by atoms with Crippen molar-refractivity contribution in [2.75, 3.05) is 14.7 Å². The van der Waals surface area contributed by atoms with E-state index in [0.29, 0.717) is 0 Å². The highest BCUT2D eigenvalue weighted by atomic mass is 15.3. The van der Waals surface area contributed by atoms with Gasteiger partial charge in [-0.1, -0.05) is 212 Å². The molecule has 0 saturated heterocycles. The largest absolute Gasteiger partial charge is 0.334 e. The summed E-state index contributed by atoms with van der Waals surface area (Å²) in [6.45, 7) is 33.3. The lowest BCUT2D eigenvalue weighted by atomic mass is 9.33. The van der Waals surface area contributed by atoms with Crippen LogP contribution < -0.4 is 31.1 Å². The third-order valence-corrected chi connectivity index (χ3v) is 18.2. The molecule has 0 radical (unpaired) electrons. The van der Waals surface area contributed by atoms with Crippen LogP contribution in [0.2, 0.25) is 0 Å². The molecule has 12 rings (SSSR count). The van der Waals surface area contributed by atoms with Gasteiger partial charge in [0.25, 0.3) is 6.71 Å². The van der Waals surface area contributed by atoms with E-state index in [2.05, 4.69) is 281 Å². The van der Waals surface area contributed by atoms with Crippen molar-refractivity contribution in [1.29, 1.82) is 0 Å². The number of benzene rings is 8. The van der Waals surface area contributed by atoms with Crippen molar-refractivity contribution in [3.05, 3.63) is 198 Å². The maximum Gasteiger partial charge on any atom is 0.252 e. The van der Waals surface area contributed by atoms with Crippen LogP contribution in [-0.4, -0.2) is 12.3 Å². The van der Waals surface area contributed by atoms with Crippen LogP contribution in [0.15, 0.2) is 170 Å². The van der Waals surface area contributed by atoms with Crippen molar-refractivity contribution in [3.8, 4) is 22.3 Å². The van der Waals surface area contributed by atoms with Gasteiger partial charge in [-0.15, -0.1) is 0 Å². The van der Waals surface area contributed by atoms with E-state index in [9.17, 15) is 0 Å². The van der Waals surface area contributed by atoms with Gasteiger partial charge in [-0.2, -0.15) is 0 Å². The molecule has 2 atom stereocenters. The molecule has 1 aliphatic carbocycles. The third kappa shape index (κ3) is 7.66. The zero-order chi connectivity index (χ0) is 52.8. The number of fused-ring (bicyclic) bond motifs is 7. The maximum absolute atomic E-state index is 2.81.